The average Bonchev–Trinajstić information content (AvgIpc) is 3.65. The minimum atomic E-state index is -0.351. The summed E-state index contributed by atoms with van der Waals surface area (Å²) in [4.78, 5) is 31.7. The smallest absolute Gasteiger partial charge is 0.319 e. The molecule has 6 rings (SSSR count). The second kappa shape index (κ2) is 8.80. The van der Waals surface area contributed by atoms with Gasteiger partial charge in [0.25, 0.3) is 5.91 Å². The van der Waals surface area contributed by atoms with Crippen LogP contribution >= 0.6 is 0 Å². The van der Waals surface area contributed by atoms with Crippen LogP contribution < -0.4 is 15.5 Å². The Hall–Kier alpha value is -4.17. The zero-order chi connectivity index (χ0) is 24.8. The summed E-state index contributed by atoms with van der Waals surface area (Å²) in [6.07, 6.45) is 8.61. The molecule has 3 N–H and O–H groups in total. The van der Waals surface area contributed by atoms with E-state index in [1.807, 2.05) is 40.9 Å². The van der Waals surface area contributed by atoms with E-state index in [4.69, 9.17) is 0 Å². The molecule has 1 aliphatic heterocycles. The molecular formula is C28H27N5O3. The van der Waals surface area contributed by atoms with E-state index >= 15 is 0 Å². The number of aromatic nitrogens is 2. The lowest BCUT2D eigenvalue weighted by molar-refractivity contribution is 0.0980. The molecule has 0 radical (unpaired) electrons. The third kappa shape index (κ3) is 3.79. The van der Waals surface area contributed by atoms with E-state index in [9.17, 15) is 14.7 Å². The number of nitrogens with zero attached hydrogens (tertiary/aromatic N) is 3. The predicted octanol–water partition coefficient (Wildman–Crippen LogP) is 4.33. The van der Waals surface area contributed by atoms with Crippen LogP contribution in [0, 0.1) is 0 Å². The number of fused-ring (bicyclic) bond motifs is 2. The van der Waals surface area contributed by atoms with E-state index in [-0.39, 0.29) is 18.5 Å². The molecule has 0 atom stereocenters. The standard InChI is InChI=1S/C28H27N5O3/c1-29-28(36)31-24-14-20(15-32-12-10-30-26(24)32)21-3-2-4-25(23(21)16-34)33-11-9-19-13-18(17-5-6-17)7-8-22(19)27(33)35/h2-4,7-8,10,12-15,17,34H,5-6,9,11,16H2,1H3,(H2,29,31,36). The van der Waals surface area contributed by atoms with Gasteiger partial charge in [0.2, 0.25) is 0 Å². The second-order valence-electron chi connectivity index (χ2n) is 9.36. The van der Waals surface area contributed by atoms with Gasteiger partial charge in [0.1, 0.15) is 0 Å². The first-order valence-corrected chi connectivity index (χ1v) is 12.2. The molecule has 2 aliphatic rings. The highest BCUT2D eigenvalue weighted by Crippen LogP contribution is 2.41. The molecule has 182 valence electrons. The number of anilines is 2. The van der Waals surface area contributed by atoms with Gasteiger partial charge in [0.05, 0.1) is 18.0 Å². The van der Waals surface area contributed by atoms with Crippen LogP contribution in [0.1, 0.15) is 45.8 Å². The summed E-state index contributed by atoms with van der Waals surface area (Å²) in [5.74, 6) is 0.606. The molecule has 0 saturated heterocycles. The number of hydrogen-bond acceptors (Lipinski definition) is 4. The van der Waals surface area contributed by atoms with Crippen molar-refractivity contribution in [2.45, 2.75) is 31.8 Å². The first kappa shape index (κ1) is 22.3. The Balaban J connectivity index is 1.40. The number of urea groups is 1. The van der Waals surface area contributed by atoms with E-state index < -0.39 is 0 Å². The predicted molar refractivity (Wildman–Crippen MR) is 138 cm³/mol. The van der Waals surface area contributed by atoms with E-state index in [1.165, 1.54) is 18.4 Å². The van der Waals surface area contributed by atoms with Crippen molar-refractivity contribution in [3.8, 4) is 11.1 Å². The number of amides is 3. The molecular weight excluding hydrogens is 454 g/mol. The van der Waals surface area contributed by atoms with Crippen molar-refractivity contribution in [3.63, 3.8) is 0 Å². The lowest BCUT2D eigenvalue weighted by Gasteiger charge is -2.31. The van der Waals surface area contributed by atoms with Gasteiger partial charge in [0, 0.05) is 48.9 Å². The van der Waals surface area contributed by atoms with Crippen LogP contribution in [0.5, 0.6) is 0 Å². The summed E-state index contributed by atoms with van der Waals surface area (Å²) in [5.41, 5.74) is 7.26. The van der Waals surface area contributed by atoms with Crippen LogP contribution in [-0.4, -0.2) is 40.0 Å². The fourth-order valence-corrected chi connectivity index (χ4v) is 5.13. The maximum atomic E-state index is 13.6. The number of nitrogens with one attached hydrogen (secondary N) is 2. The van der Waals surface area contributed by atoms with Crippen LogP contribution in [0.25, 0.3) is 16.8 Å². The maximum Gasteiger partial charge on any atom is 0.319 e. The topological polar surface area (TPSA) is 99.0 Å². The van der Waals surface area contributed by atoms with Crippen molar-refractivity contribution in [2.24, 2.45) is 0 Å². The van der Waals surface area contributed by atoms with Crippen molar-refractivity contribution >= 4 is 29.0 Å². The SMILES string of the molecule is CNC(=O)Nc1cc(-c2cccc(N3CCc4cc(C5CC5)ccc4C3=O)c2CO)cn2ccnc12. The fourth-order valence-electron chi connectivity index (χ4n) is 5.13. The molecule has 8 nitrogen and oxygen atoms in total. The van der Waals surface area contributed by atoms with Gasteiger partial charge < -0.3 is 25.0 Å². The van der Waals surface area contributed by atoms with Gasteiger partial charge in [-0.2, -0.15) is 0 Å². The van der Waals surface area contributed by atoms with Crippen LogP contribution in [0.15, 0.2) is 61.1 Å². The van der Waals surface area contributed by atoms with Crippen molar-refractivity contribution in [3.05, 3.63) is 83.3 Å². The molecule has 3 amide bonds. The van der Waals surface area contributed by atoms with Crippen LogP contribution in [-0.2, 0) is 13.0 Å². The van der Waals surface area contributed by atoms with Gasteiger partial charge in [-0.1, -0.05) is 24.3 Å². The lowest BCUT2D eigenvalue weighted by Crippen LogP contribution is -2.38. The minimum absolute atomic E-state index is 0.0440. The molecule has 4 aromatic rings. The summed E-state index contributed by atoms with van der Waals surface area (Å²) in [6.45, 7) is 0.323. The number of hydrogen-bond donors (Lipinski definition) is 3. The Morgan fingerprint density at radius 3 is 2.81 bits per heavy atom. The Kier molecular flexibility index (Phi) is 5.45. The number of rotatable bonds is 5. The quantitative estimate of drug-likeness (QED) is 0.395. The van der Waals surface area contributed by atoms with Crippen LogP contribution in [0.2, 0.25) is 0 Å². The largest absolute Gasteiger partial charge is 0.392 e. The second-order valence-corrected chi connectivity index (χ2v) is 9.36. The molecule has 0 bridgehead atoms. The van der Waals surface area contributed by atoms with Crippen LogP contribution in [0.3, 0.4) is 0 Å². The van der Waals surface area contributed by atoms with E-state index in [2.05, 4.69) is 27.8 Å². The molecule has 1 fully saturated rings. The Labute approximate surface area is 208 Å². The minimum Gasteiger partial charge on any atom is -0.392 e. The Bertz CT molecular complexity index is 1500. The Morgan fingerprint density at radius 1 is 1.17 bits per heavy atom. The highest BCUT2D eigenvalue weighted by Gasteiger charge is 2.30. The number of carbonyl (C=O) groups excluding carboxylic acids is 2. The summed E-state index contributed by atoms with van der Waals surface area (Å²) in [7, 11) is 1.55. The molecule has 0 unspecified atom stereocenters. The highest BCUT2D eigenvalue weighted by molar-refractivity contribution is 6.09. The number of aliphatic hydroxyl groups excluding tert-OH is 1. The number of aliphatic hydroxyl groups is 1. The van der Waals surface area contributed by atoms with Gasteiger partial charge in [-0.15, -0.1) is 0 Å². The normalized spacial score (nSPS) is 15.2. The summed E-state index contributed by atoms with van der Waals surface area (Å²) in [5, 5.41) is 15.8. The first-order valence-electron chi connectivity index (χ1n) is 12.2. The Morgan fingerprint density at radius 2 is 2.03 bits per heavy atom. The zero-order valence-electron chi connectivity index (χ0n) is 20.0. The molecule has 3 heterocycles. The number of carbonyl (C=O) groups is 2. The molecule has 2 aromatic heterocycles. The van der Waals surface area contributed by atoms with Gasteiger partial charge in [-0.25, -0.2) is 9.78 Å². The van der Waals surface area contributed by atoms with Gasteiger partial charge in [-0.3, -0.25) is 4.79 Å². The van der Waals surface area contributed by atoms with Crippen molar-refractivity contribution < 1.29 is 14.7 Å². The third-order valence-electron chi connectivity index (χ3n) is 7.13. The van der Waals surface area contributed by atoms with Crippen molar-refractivity contribution in [2.75, 3.05) is 23.8 Å². The van der Waals surface area contributed by atoms with Gasteiger partial charge in [-0.05, 0) is 60.1 Å². The van der Waals surface area contributed by atoms with Gasteiger partial charge >= 0.3 is 6.03 Å². The number of benzene rings is 2. The van der Waals surface area contributed by atoms with Crippen molar-refractivity contribution in [1.29, 1.82) is 0 Å². The van der Waals surface area contributed by atoms with Gasteiger partial charge in [0.15, 0.2) is 5.65 Å². The first-order chi connectivity index (χ1) is 17.6. The van der Waals surface area contributed by atoms with Crippen molar-refractivity contribution in [1.82, 2.24) is 14.7 Å². The molecule has 1 saturated carbocycles. The third-order valence-corrected chi connectivity index (χ3v) is 7.13. The summed E-state index contributed by atoms with van der Waals surface area (Å²) >= 11 is 0. The zero-order valence-corrected chi connectivity index (χ0v) is 20.0. The van der Waals surface area contributed by atoms with E-state index in [1.54, 1.807) is 24.3 Å². The molecule has 36 heavy (non-hydrogen) atoms. The van der Waals surface area contributed by atoms with Crippen LogP contribution in [0.4, 0.5) is 16.2 Å². The highest BCUT2D eigenvalue weighted by atomic mass is 16.3. The van der Waals surface area contributed by atoms with E-state index in [0.29, 0.717) is 35.0 Å². The number of pyridine rings is 1. The molecule has 2 aromatic carbocycles. The monoisotopic (exact) mass is 481 g/mol. The lowest BCUT2D eigenvalue weighted by atomic mass is 9.93. The van der Waals surface area contributed by atoms with E-state index in [0.717, 1.165) is 28.7 Å². The fraction of sp³-hybridized carbons (Fsp3) is 0.250. The molecule has 8 heteroatoms. The summed E-state index contributed by atoms with van der Waals surface area (Å²) < 4.78 is 1.83. The number of imidazole rings is 1. The molecule has 0 spiro atoms. The summed E-state index contributed by atoms with van der Waals surface area (Å²) in [6, 6.07) is 13.4. The average molecular weight is 482 g/mol. The molecule has 1 aliphatic carbocycles. The maximum absolute atomic E-state index is 13.6.